The third-order valence-electron chi connectivity index (χ3n) is 2.79. The fourth-order valence-electron chi connectivity index (χ4n) is 1.85. The summed E-state index contributed by atoms with van der Waals surface area (Å²) in [7, 11) is 0. The Kier molecular flexibility index (Phi) is 2.81. The Morgan fingerprint density at radius 2 is 2.38 bits per heavy atom. The molecule has 16 heavy (non-hydrogen) atoms. The minimum absolute atomic E-state index is 0.0114. The number of aliphatic carboxylic acids is 1. The number of hydrogen-bond acceptors (Lipinski definition) is 2. The van der Waals surface area contributed by atoms with Crippen molar-refractivity contribution >= 4 is 5.97 Å². The van der Waals surface area contributed by atoms with Gasteiger partial charge in [-0.2, -0.15) is 0 Å². The predicted octanol–water partition coefficient (Wildman–Crippen LogP) is 2.41. The van der Waals surface area contributed by atoms with Crippen LogP contribution in [-0.2, 0) is 4.79 Å². The zero-order valence-electron chi connectivity index (χ0n) is 8.94. The van der Waals surface area contributed by atoms with Crippen LogP contribution in [0.5, 0.6) is 5.75 Å². The van der Waals surface area contributed by atoms with Crippen LogP contribution >= 0.6 is 0 Å². The Labute approximate surface area is 92.9 Å². The first-order valence-electron chi connectivity index (χ1n) is 5.28. The molecule has 0 saturated heterocycles. The number of halogens is 1. The summed E-state index contributed by atoms with van der Waals surface area (Å²) < 4.78 is 18.4. The van der Waals surface area contributed by atoms with Gasteiger partial charge in [0.25, 0.3) is 0 Å². The van der Waals surface area contributed by atoms with E-state index in [4.69, 9.17) is 9.84 Å². The standard InChI is InChI=1S/C12H13FO3/c1-2-16-11-5-7(3-4-10(11)13)8-6-9(8)12(14)15/h3-5,8-9H,2,6H2,1H3,(H,14,15)/t8-,9+/m0/s1. The highest BCUT2D eigenvalue weighted by atomic mass is 19.1. The quantitative estimate of drug-likeness (QED) is 0.854. The first-order chi connectivity index (χ1) is 7.63. The van der Waals surface area contributed by atoms with Gasteiger partial charge in [0.05, 0.1) is 12.5 Å². The van der Waals surface area contributed by atoms with Gasteiger partial charge in [-0.25, -0.2) is 4.39 Å². The highest BCUT2D eigenvalue weighted by Gasteiger charge is 2.44. The van der Waals surface area contributed by atoms with Crippen LogP contribution in [0.3, 0.4) is 0 Å². The summed E-state index contributed by atoms with van der Waals surface area (Å²) in [6.07, 6.45) is 0.631. The number of benzene rings is 1. The predicted molar refractivity (Wildman–Crippen MR) is 56.1 cm³/mol. The Bertz CT molecular complexity index is 417. The van der Waals surface area contributed by atoms with Gasteiger partial charge in [-0.05, 0) is 37.0 Å². The highest BCUT2D eigenvalue weighted by molar-refractivity contribution is 5.75. The van der Waals surface area contributed by atoms with Crippen LogP contribution in [-0.4, -0.2) is 17.7 Å². The second kappa shape index (κ2) is 4.12. The molecule has 3 nitrogen and oxygen atoms in total. The summed E-state index contributed by atoms with van der Waals surface area (Å²) >= 11 is 0. The molecule has 0 bridgehead atoms. The number of hydrogen-bond donors (Lipinski definition) is 1. The molecule has 0 heterocycles. The van der Waals surface area contributed by atoms with Crippen molar-refractivity contribution in [3.63, 3.8) is 0 Å². The van der Waals surface area contributed by atoms with Gasteiger partial charge in [-0.1, -0.05) is 6.07 Å². The Morgan fingerprint density at radius 1 is 1.62 bits per heavy atom. The van der Waals surface area contributed by atoms with Crippen molar-refractivity contribution in [2.24, 2.45) is 5.92 Å². The number of ether oxygens (including phenoxy) is 1. The molecule has 1 aliphatic rings. The lowest BCUT2D eigenvalue weighted by Crippen LogP contribution is -2.00. The first kappa shape index (κ1) is 10.9. The fourth-order valence-corrected chi connectivity index (χ4v) is 1.85. The van der Waals surface area contributed by atoms with E-state index in [1.165, 1.54) is 6.07 Å². The zero-order chi connectivity index (χ0) is 11.7. The van der Waals surface area contributed by atoms with Crippen molar-refractivity contribution in [3.05, 3.63) is 29.6 Å². The molecule has 2 rings (SSSR count). The number of rotatable bonds is 4. The molecule has 86 valence electrons. The average Bonchev–Trinajstić information content (AvgIpc) is 3.01. The normalized spacial score (nSPS) is 22.9. The van der Waals surface area contributed by atoms with E-state index in [2.05, 4.69) is 0 Å². The van der Waals surface area contributed by atoms with E-state index in [1.807, 2.05) is 0 Å². The second-order valence-electron chi connectivity index (χ2n) is 3.91. The maximum atomic E-state index is 13.3. The molecule has 1 aromatic carbocycles. The summed E-state index contributed by atoms with van der Waals surface area (Å²) in [6, 6.07) is 4.56. The van der Waals surface area contributed by atoms with Gasteiger partial charge >= 0.3 is 5.97 Å². The number of carbonyl (C=O) groups is 1. The van der Waals surface area contributed by atoms with E-state index >= 15 is 0 Å². The molecule has 1 saturated carbocycles. The molecule has 0 spiro atoms. The zero-order valence-corrected chi connectivity index (χ0v) is 8.94. The van der Waals surface area contributed by atoms with Crippen LogP contribution in [0.15, 0.2) is 18.2 Å². The minimum Gasteiger partial charge on any atom is -0.491 e. The van der Waals surface area contributed by atoms with E-state index in [1.54, 1.807) is 19.1 Å². The largest absolute Gasteiger partial charge is 0.491 e. The van der Waals surface area contributed by atoms with Crippen LogP contribution in [0.25, 0.3) is 0 Å². The topological polar surface area (TPSA) is 46.5 Å². The lowest BCUT2D eigenvalue weighted by Gasteiger charge is -2.06. The van der Waals surface area contributed by atoms with Gasteiger partial charge in [0.15, 0.2) is 11.6 Å². The third kappa shape index (κ3) is 2.01. The van der Waals surface area contributed by atoms with Crippen molar-refractivity contribution in [2.75, 3.05) is 6.61 Å². The van der Waals surface area contributed by atoms with Gasteiger partial charge in [0, 0.05) is 0 Å². The summed E-state index contributed by atoms with van der Waals surface area (Å²) in [5.74, 6) is -1.29. The molecule has 0 unspecified atom stereocenters. The van der Waals surface area contributed by atoms with Crippen molar-refractivity contribution in [2.45, 2.75) is 19.3 Å². The molecule has 1 N–H and O–H groups in total. The van der Waals surface area contributed by atoms with Gasteiger partial charge in [-0.3, -0.25) is 4.79 Å². The Hall–Kier alpha value is -1.58. The SMILES string of the molecule is CCOc1cc([C@@H]2C[C@H]2C(=O)O)ccc1F. The third-order valence-corrected chi connectivity index (χ3v) is 2.79. The average molecular weight is 224 g/mol. The summed E-state index contributed by atoms with van der Waals surface area (Å²) in [5.41, 5.74) is 0.845. The van der Waals surface area contributed by atoms with Gasteiger partial charge in [0.1, 0.15) is 0 Å². The lowest BCUT2D eigenvalue weighted by molar-refractivity contribution is -0.138. The van der Waals surface area contributed by atoms with Gasteiger partial charge in [0.2, 0.25) is 0 Å². The maximum Gasteiger partial charge on any atom is 0.307 e. The summed E-state index contributed by atoms with van der Waals surface area (Å²) in [6.45, 7) is 2.18. The number of carboxylic acid groups (broad SMARTS) is 1. The smallest absolute Gasteiger partial charge is 0.307 e. The molecular formula is C12H13FO3. The van der Waals surface area contributed by atoms with Crippen molar-refractivity contribution in [1.29, 1.82) is 0 Å². The van der Waals surface area contributed by atoms with Crippen LogP contribution in [0, 0.1) is 11.7 Å². The molecule has 0 amide bonds. The monoisotopic (exact) mass is 224 g/mol. The van der Waals surface area contributed by atoms with E-state index in [0.29, 0.717) is 13.0 Å². The maximum absolute atomic E-state index is 13.3. The van der Waals surface area contributed by atoms with Crippen LogP contribution in [0.2, 0.25) is 0 Å². The molecule has 1 aliphatic carbocycles. The molecular weight excluding hydrogens is 211 g/mol. The van der Waals surface area contributed by atoms with E-state index in [0.717, 1.165) is 5.56 Å². The summed E-state index contributed by atoms with van der Waals surface area (Å²) in [5, 5.41) is 8.81. The van der Waals surface area contributed by atoms with Crippen molar-refractivity contribution in [1.82, 2.24) is 0 Å². The van der Waals surface area contributed by atoms with Gasteiger partial charge < -0.3 is 9.84 Å². The van der Waals surface area contributed by atoms with Crippen molar-refractivity contribution in [3.8, 4) is 5.75 Å². The van der Waals surface area contributed by atoms with Crippen LogP contribution in [0.4, 0.5) is 4.39 Å². The molecule has 0 aromatic heterocycles. The summed E-state index contributed by atoms with van der Waals surface area (Å²) in [4.78, 5) is 10.7. The molecule has 1 aromatic rings. The van der Waals surface area contributed by atoms with E-state index < -0.39 is 11.8 Å². The second-order valence-corrected chi connectivity index (χ2v) is 3.91. The van der Waals surface area contributed by atoms with Crippen molar-refractivity contribution < 1.29 is 19.0 Å². The van der Waals surface area contributed by atoms with E-state index in [9.17, 15) is 9.18 Å². The van der Waals surface area contributed by atoms with E-state index in [-0.39, 0.29) is 17.6 Å². The minimum atomic E-state index is -0.785. The molecule has 4 heteroatoms. The van der Waals surface area contributed by atoms with Crippen LogP contribution < -0.4 is 4.74 Å². The highest BCUT2D eigenvalue weighted by Crippen LogP contribution is 2.48. The number of carboxylic acids is 1. The fraction of sp³-hybridized carbons (Fsp3) is 0.417. The lowest BCUT2D eigenvalue weighted by atomic mass is 10.1. The van der Waals surface area contributed by atoms with Crippen LogP contribution in [0.1, 0.15) is 24.8 Å². The molecule has 1 fully saturated rings. The first-order valence-corrected chi connectivity index (χ1v) is 5.28. The molecule has 0 radical (unpaired) electrons. The Morgan fingerprint density at radius 3 is 2.94 bits per heavy atom. The molecule has 0 aliphatic heterocycles. The van der Waals surface area contributed by atoms with Gasteiger partial charge in [-0.15, -0.1) is 0 Å². The molecule has 2 atom stereocenters. The Balaban J connectivity index is 2.17.